The van der Waals surface area contributed by atoms with Crippen LogP contribution in [-0.4, -0.2) is 0 Å². The van der Waals surface area contributed by atoms with E-state index in [1.54, 1.807) is 0 Å². The molecule has 0 heteroatoms. The third-order valence-electron chi connectivity index (χ3n) is 2.64. The molecule has 3 aromatic carbocycles. The highest BCUT2D eigenvalue weighted by atomic mass is 13.9. The highest BCUT2D eigenvalue weighted by Gasteiger charge is 1.86. The van der Waals surface area contributed by atoms with Gasteiger partial charge >= 0.3 is 0 Å². The zero-order chi connectivity index (χ0) is 12.2. The van der Waals surface area contributed by atoms with Gasteiger partial charge in [-0.2, -0.15) is 0 Å². The third kappa shape index (κ3) is 1.99. The topological polar surface area (TPSA) is 0 Å². The minimum atomic E-state index is 0.929. The van der Waals surface area contributed by atoms with Crippen molar-refractivity contribution in [2.75, 3.05) is 0 Å². The second kappa shape index (κ2) is 4.55. The van der Waals surface area contributed by atoms with Gasteiger partial charge in [0.2, 0.25) is 0 Å². The molecule has 3 rings (SSSR count). The first-order chi connectivity index (χ1) is 8.93. The highest BCUT2D eigenvalue weighted by molar-refractivity contribution is 5.81. The van der Waals surface area contributed by atoms with E-state index in [4.69, 9.17) is 0 Å². The van der Waals surface area contributed by atoms with Crippen LogP contribution in [0.2, 0.25) is 0 Å². The summed E-state index contributed by atoms with van der Waals surface area (Å²) in [5.41, 5.74) is 0. The van der Waals surface area contributed by atoms with E-state index in [0.717, 1.165) is 21.5 Å². The minimum Gasteiger partial charge on any atom is -0.0609 e. The summed E-state index contributed by atoms with van der Waals surface area (Å²) in [6.07, 6.45) is 0. The Kier molecular flexibility index (Phi) is 2.60. The van der Waals surface area contributed by atoms with Crippen molar-refractivity contribution in [3.63, 3.8) is 0 Å². The molecule has 0 saturated carbocycles. The maximum absolute atomic E-state index is 3.17. The van der Waals surface area contributed by atoms with Gasteiger partial charge in [-0.25, -0.2) is 0 Å². The molecule has 0 radical (unpaired) electrons. The van der Waals surface area contributed by atoms with Crippen LogP contribution in [0.15, 0.2) is 48.5 Å². The fraction of sp³-hybridized carbons (Fsp3) is 0. The van der Waals surface area contributed by atoms with E-state index in [2.05, 4.69) is 36.4 Å². The molecule has 80 valence electrons. The number of hydrogen-bond donors (Lipinski definition) is 0. The molecule has 0 N–H and O–H groups in total. The Morgan fingerprint density at radius 3 is 1.17 bits per heavy atom. The zero-order valence-corrected chi connectivity index (χ0v) is 9.62. The fourth-order valence-electron chi connectivity index (χ4n) is 1.73. The van der Waals surface area contributed by atoms with Crippen molar-refractivity contribution < 1.29 is 0 Å². The molecule has 0 amide bonds. The van der Waals surface area contributed by atoms with E-state index >= 15 is 0 Å². The molecule has 0 spiro atoms. The second-order valence-electron chi connectivity index (χ2n) is 3.84. The largest absolute Gasteiger partial charge is 0.0609 e. The first-order valence-corrected chi connectivity index (χ1v) is 5.65. The van der Waals surface area contributed by atoms with Gasteiger partial charge in [0.1, 0.15) is 0 Å². The lowest BCUT2D eigenvalue weighted by molar-refractivity contribution is 1.79. The zero-order valence-electron chi connectivity index (χ0n) is 9.62. The maximum Gasteiger partial charge on any atom is 0.0412 e. The first kappa shape index (κ1) is 10.3. The maximum atomic E-state index is 3.17. The molecular formula is C18H8. The molecule has 0 aliphatic carbocycles. The van der Waals surface area contributed by atoms with Gasteiger partial charge < -0.3 is 0 Å². The molecule has 0 aliphatic heterocycles. The molecule has 0 aromatic heterocycles. The molecular weight excluding hydrogens is 216 g/mol. The summed E-state index contributed by atoms with van der Waals surface area (Å²) < 4.78 is 0. The molecule has 0 fully saturated rings. The van der Waals surface area contributed by atoms with Crippen LogP contribution in [0.4, 0.5) is 0 Å². The molecule has 0 atom stereocenters. The Morgan fingerprint density at radius 2 is 0.778 bits per heavy atom. The average Bonchev–Trinajstić information content (AvgIpc) is 2.44. The highest BCUT2D eigenvalue weighted by Crippen LogP contribution is 2.08. The lowest BCUT2D eigenvalue weighted by Crippen LogP contribution is -1.65. The quantitative estimate of drug-likeness (QED) is 0.543. The van der Waals surface area contributed by atoms with Crippen molar-refractivity contribution in [1.29, 1.82) is 0 Å². The Balaban J connectivity index is 2.42. The number of hydrogen-bond acceptors (Lipinski definition) is 0. The van der Waals surface area contributed by atoms with Gasteiger partial charge in [-0.05, 0) is 36.4 Å². The summed E-state index contributed by atoms with van der Waals surface area (Å²) >= 11 is 0. The predicted octanol–water partition coefficient (Wildman–Crippen LogP) is 3.92. The Labute approximate surface area is 107 Å². The van der Waals surface area contributed by atoms with Crippen molar-refractivity contribution in [2.45, 2.75) is 0 Å². The van der Waals surface area contributed by atoms with Crippen molar-refractivity contribution in [1.82, 2.24) is 0 Å². The van der Waals surface area contributed by atoms with E-state index in [1.165, 1.54) is 0 Å². The smallest absolute Gasteiger partial charge is 0.0412 e. The second-order valence-corrected chi connectivity index (χ2v) is 3.84. The van der Waals surface area contributed by atoms with Crippen molar-refractivity contribution in [3.05, 3.63) is 84.9 Å². The van der Waals surface area contributed by atoms with Crippen LogP contribution in [0.5, 0.6) is 0 Å². The summed E-state index contributed by atoms with van der Waals surface area (Å²) in [5, 5.41) is 3.75. The van der Waals surface area contributed by atoms with Gasteiger partial charge in [-0.3, -0.25) is 0 Å². The molecule has 0 heterocycles. The van der Waals surface area contributed by atoms with Gasteiger partial charge in [0.25, 0.3) is 0 Å². The summed E-state index contributed by atoms with van der Waals surface area (Å²) in [6, 6.07) is 33.9. The van der Waals surface area contributed by atoms with Crippen LogP contribution in [0, 0.1) is 36.4 Å². The van der Waals surface area contributed by atoms with Gasteiger partial charge in [0, 0.05) is 21.5 Å². The number of fused-ring (bicyclic) bond motifs is 2. The molecule has 0 nitrogen and oxygen atoms in total. The average molecular weight is 224 g/mol. The van der Waals surface area contributed by atoms with Crippen LogP contribution in [0.3, 0.4) is 0 Å². The van der Waals surface area contributed by atoms with E-state index in [9.17, 15) is 0 Å². The SMILES string of the molecule is c1c#cc2ccccc2c#cc2ccccc2c#1. The van der Waals surface area contributed by atoms with Crippen LogP contribution >= 0.6 is 0 Å². The van der Waals surface area contributed by atoms with Gasteiger partial charge in [0.05, 0.1) is 0 Å². The minimum absolute atomic E-state index is 0.929. The van der Waals surface area contributed by atoms with Crippen molar-refractivity contribution >= 4 is 21.5 Å². The summed E-state index contributed by atoms with van der Waals surface area (Å²) in [7, 11) is 0. The van der Waals surface area contributed by atoms with Gasteiger partial charge in [0.15, 0.2) is 0 Å². The van der Waals surface area contributed by atoms with Crippen LogP contribution in [-0.2, 0) is 0 Å². The van der Waals surface area contributed by atoms with Gasteiger partial charge in [-0.1, -0.05) is 48.5 Å². The monoisotopic (exact) mass is 224 g/mol. The Hall–Kier alpha value is -2.88. The standard InChI is InChI=1S/C18H8/c1-2-8-16-10-4-6-12-18(16)14-13-17-11-5-3-9-15(17)7-1/h3-6,9-12H. The molecule has 0 bridgehead atoms. The lowest BCUT2D eigenvalue weighted by Gasteiger charge is -1.86. The number of rotatable bonds is 0. The van der Waals surface area contributed by atoms with E-state index in [-0.39, 0.29) is 0 Å². The van der Waals surface area contributed by atoms with Crippen LogP contribution in [0.1, 0.15) is 0 Å². The number of benzene rings is 2. The van der Waals surface area contributed by atoms with E-state index < -0.39 is 0 Å². The van der Waals surface area contributed by atoms with Gasteiger partial charge in [-0.15, -0.1) is 0 Å². The summed E-state index contributed by atoms with van der Waals surface area (Å²) in [6.45, 7) is 0. The van der Waals surface area contributed by atoms with Crippen LogP contribution < -0.4 is 0 Å². The molecule has 0 saturated heterocycles. The Morgan fingerprint density at radius 1 is 0.444 bits per heavy atom. The first-order valence-electron chi connectivity index (χ1n) is 5.65. The summed E-state index contributed by atoms with van der Waals surface area (Å²) in [5.74, 6) is 0. The lowest BCUT2D eigenvalue weighted by atomic mass is 10.2. The fourth-order valence-corrected chi connectivity index (χ4v) is 1.73. The van der Waals surface area contributed by atoms with E-state index in [0.29, 0.717) is 0 Å². The van der Waals surface area contributed by atoms with Crippen LogP contribution in [0.25, 0.3) is 21.5 Å². The molecule has 0 aliphatic rings. The summed E-state index contributed by atoms with van der Waals surface area (Å²) in [4.78, 5) is 0. The molecule has 0 unspecified atom stereocenters. The predicted molar refractivity (Wildman–Crippen MR) is 72.1 cm³/mol. The van der Waals surface area contributed by atoms with E-state index in [1.807, 2.05) is 48.5 Å². The van der Waals surface area contributed by atoms with Crippen molar-refractivity contribution in [2.24, 2.45) is 0 Å². The normalized spacial score (nSPS) is 8.89. The van der Waals surface area contributed by atoms with Crippen molar-refractivity contribution in [3.8, 4) is 0 Å². The Bertz CT molecular complexity index is 675. The molecule has 3 aromatic rings. The third-order valence-corrected chi connectivity index (χ3v) is 2.64. The molecule has 18 heavy (non-hydrogen) atoms.